The Labute approximate surface area is 206 Å². The molecule has 9 heteroatoms. The molecule has 1 saturated carbocycles. The van der Waals surface area contributed by atoms with Gasteiger partial charge < -0.3 is 31.5 Å². The molecule has 1 amide bonds. The Kier molecular flexibility index (Phi) is 5.60. The predicted octanol–water partition coefficient (Wildman–Crippen LogP) is 2.44. The summed E-state index contributed by atoms with van der Waals surface area (Å²) in [5, 5.41) is 32.7. The summed E-state index contributed by atoms with van der Waals surface area (Å²) in [6, 6.07) is 8.71. The van der Waals surface area contributed by atoms with Gasteiger partial charge in [-0.05, 0) is 59.6 Å². The van der Waals surface area contributed by atoms with Crippen LogP contribution < -0.4 is 16.2 Å². The Hall–Kier alpha value is -4.11. The predicted molar refractivity (Wildman–Crippen MR) is 130 cm³/mol. The molecular weight excluding hydrogens is 464 g/mol. The number of fused-ring (bicyclic) bond motifs is 3. The van der Waals surface area contributed by atoms with Crippen molar-refractivity contribution in [1.29, 1.82) is 0 Å². The van der Waals surface area contributed by atoms with E-state index in [-0.39, 0.29) is 29.1 Å². The van der Waals surface area contributed by atoms with E-state index in [4.69, 9.17) is 16.2 Å². The minimum atomic E-state index is -1.15. The highest BCUT2D eigenvalue weighted by atomic mass is 16.5. The number of ketones is 2. The summed E-state index contributed by atoms with van der Waals surface area (Å²) >= 11 is 0. The molecule has 0 radical (unpaired) electrons. The number of primary amides is 1. The third-order valence-electron chi connectivity index (χ3n) is 7.56. The van der Waals surface area contributed by atoms with Gasteiger partial charge in [-0.2, -0.15) is 0 Å². The van der Waals surface area contributed by atoms with Crippen molar-refractivity contribution in [2.75, 3.05) is 7.11 Å². The van der Waals surface area contributed by atoms with E-state index in [0.717, 1.165) is 11.1 Å². The SMILES string of the molecule is COc1ccc(CN)cc1-c1ccc(O)c2c1CC1CC3CC(=O)C(C(N)=O)=C(O)C3C(=O)C1=C2O. The molecule has 5 rings (SSSR count). The van der Waals surface area contributed by atoms with E-state index in [2.05, 4.69) is 0 Å². The quantitative estimate of drug-likeness (QED) is 0.406. The summed E-state index contributed by atoms with van der Waals surface area (Å²) in [6.07, 6.45) is 0.534. The van der Waals surface area contributed by atoms with Crippen molar-refractivity contribution in [3.63, 3.8) is 0 Å². The molecule has 9 nitrogen and oxygen atoms in total. The normalized spacial score (nSPS) is 23.2. The lowest BCUT2D eigenvalue weighted by molar-refractivity contribution is -0.127. The summed E-state index contributed by atoms with van der Waals surface area (Å²) in [7, 11) is 1.55. The average Bonchev–Trinajstić information content (AvgIpc) is 2.83. The van der Waals surface area contributed by atoms with Crippen LogP contribution in [-0.2, 0) is 27.3 Å². The smallest absolute Gasteiger partial charge is 0.255 e. The molecular formula is C27H26N2O7. The lowest BCUT2D eigenvalue weighted by Crippen LogP contribution is -2.44. The number of phenolic OH excluding ortho intramolecular Hbond substituents is 1. The third-order valence-corrected chi connectivity index (χ3v) is 7.56. The number of amides is 1. The van der Waals surface area contributed by atoms with Crippen LogP contribution in [0.4, 0.5) is 0 Å². The molecule has 3 unspecified atom stereocenters. The van der Waals surface area contributed by atoms with E-state index in [9.17, 15) is 29.7 Å². The van der Waals surface area contributed by atoms with Crippen LogP contribution in [0.3, 0.4) is 0 Å². The minimum Gasteiger partial charge on any atom is -0.511 e. The number of hydrogen-bond acceptors (Lipinski definition) is 8. The van der Waals surface area contributed by atoms with E-state index < -0.39 is 46.6 Å². The van der Waals surface area contributed by atoms with Crippen molar-refractivity contribution in [2.24, 2.45) is 29.2 Å². The highest BCUT2D eigenvalue weighted by Crippen LogP contribution is 2.52. The molecule has 2 aromatic rings. The summed E-state index contributed by atoms with van der Waals surface area (Å²) < 4.78 is 5.55. The molecule has 1 fully saturated rings. The molecule has 2 aromatic carbocycles. The fourth-order valence-electron chi connectivity index (χ4n) is 5.99. The highest BCUT2D eigenvalue weighted by molar-refractivity contribution is 6.21. The fraction of sp³-hybridized carbons (Fsp3) is 0.296. The summed E-state index contributed by atoms with van der Waals surface area (Å²) in [5.74, 6) is -5.01. The first-order valence-electron chi connectivity index (χ1n) is 11.6. The monoisotopic (exact) mass is 490 g/mol. The summed E-state index contributed by atoms with van der Waals surface area (Å²) in [6.45, 7) is 0.311. The van der Waals surface area contributed by atoms with Crippen molar-refractivity contribution in [1.82, 2.24) is 0 Å². The number of ether oxygens (including phenoxy) is 1. The molecule has 3 aliphatic carbocycles. The number of rotatable bonds is 4. The zero-order valence-corrected chi connectivity index (χ0v) is 19.6. The van der Waals surface area contributed by atoms with E-state index >= 15 is 0 Å². The Balaban J connectivity index is 1.69. The number of carbonyl (C=O) groups excluding carboxylic acids is 3. The van der Waals surface area contributed by atoms with Gasteiger partial charge in [-0.1, -0.05) is 12.1 Å². The Morgan fingerprint density at radius 1 is 1.08 bits per heavy atom. The molecule has 3 atom stereocenters. The zero-order valence-electron chi connectivity index (χ0n) is 19.6. The van der Waals surface area contributed by atoms with Crippen LogP contribution in [0.15, 0.2) is 47.2 Å². The lowest BCUT2D eigenvalue weighted by atomic mass is 9.61. The van der Waals surface area contributed by atoms with Crippen LogP contribution in [0.5, 0.6) is 11.5 Å². The van der Waals surface area contributed by atoms with Crippen LogP contribution in [-0.4, -0.2) is 39.9 Å². The molecule has 0 spiro atoms. The van der Waals surface area contributed by atoms with Crippen molar-refractivity contribution in [3.05, 3.63) is 63.9 Å². The number of allylic oxidation sites excluding steroid dienone is 2. The summed E-state index contributed by atoms with van der Waals surface area (Å²) in [4.78, 5) is 37.8. The number of methoxy groups -OCH3 is 1. The first-order chi connectivity index (χ1) is 17.2. The maximum Gasteiger partial charge on any atom is 0.255 e. The van der Waals surface area contributed by atoms with E-state index in [1.54, 1.807) is 19.2 Å². The molecule has 0 saturated heterocycles. The molecule has 186 valence electrons. The first-order valence-corrected chi connectivity index (χ1v) is 11.6. The van der Waals surface area contributed by atoms with Gasteiger partial charge in [0, 0.05) is 24.1 Å². The van der Waals surface area contributed by atoms with Gasteiger partial charge in [-0.3, -0.25) is 14.4 Å². The van der Waals surface area contributed by atoms with Crippen LogP contribution >= 0.6 is 0 Å². The molecule has 0 heterocycles. The Morgan fingerprint density at radius 2 is 1.83 bits per heavy atom. The molecule has 0 aromatic heterocycles. The van der Waals surface area contributed by atoms with Gasteiger partial charge >= 0.3 is 0 Å². The van der Waals surface area contributed by atoms with Gasteiger partial charge in [0.15, 0.2) is 11.6 Å². The zero-order chi connectivity index (χ0) is 25.9. The molecule has 36 heavy (non-hydrogen) atoms. The van der Waals surface area contributed by atoms with Crippen molar-refractivity contribution in [2.45, 2.75) is 25.8 Å². The van der Waals surface area contributed by atoms with E-state index in [1.165, 1.54) is 6.07 Å². The number of aliphatic hydroxyl groups excluding tert-OH is 2. The van der Waals surface area contributed by atoms with E-state index in [1.807, 2.05) is 12.1 Å². The number of benzene rings is 2. The van der Waals surface area contributed by atoms with Crippen molar-refractivity contribution < 1.29 is 34.4 Å². The average molecular weight is 491 g/mol. The molecule has 0 bridgehead atoms. The lowest BCUT2D eigenvalue weighted by Gasteiger charge is -2.41. The second kappa shape index (κ2) is 8.53. The number of aromatic hydroxyl groups is 1. The Morgan fingerprint density at radius 3 is 2.50 bits per heavy atom. The number of nitrogens with two attached hydrogens (primary N) is 2. The van der Waals surface area contributed by atoms with Crippen LogP contribution in [0.1, 0.15) is 29.5 Å². The molecule has 7 N–H and O–H groups in total. The van der Waals surface area contributed by atoms with Gasteiger partial charge in [-0.25, -0.2) is 0 Å². The van der Waals surface area contributed by atoms with Gasteiger partial charge in [0.2, 0.25) is 0 Å². The standard InChI is InChI=1S/C27H26N2O7/c1-36-19-5-2-11(10-28)6-15(19)14-3-4-17(30)22-16(14)8-12-7-13-9-18(31)23(27(29)35)26(34)21(13)24(32)20(12)25(22)33/h2-6,12-13,21,30,33-34H,7-10,28H2,1H3,(H2,29,35). The number of carbonyl (C=O) groups is 3. The van der Waals surface area contributed by atoms with Crippen LogP contribution in [0.2, 0.25) is 0 Å². The van der Waals surface area contributed by atoms with Crippen molar-refractivity contribution >= 4 is 23.2 Å². The highest BCUT2D eigenvalue weighted by Gasteiger charge is 2.51. The summed E-state index contributed by atoms with van der Waals surface area (Å²) in [5.41, 5.74) is 13.7. The first kappa shape index (κ1) is 23.6. The van der Waals surface area contributed by atoms with Gasteiger partial charge in [0.05, 0.1) is 18.6 Å². The van der Waals surface area contributed by atoms with Gasteiger partial charge in [0.25, 0.3) is 5.91 Å². The van der Waals surface area contributed by atoms with Crippen LogP contribution in [0, 0.1) is 17.8 Å². The number of hydrogen-bond donors (Lipinski definition) is 5. The Bertz CT molecular complexity index is 1410. The minimum absolute atomic E-state index is 0.0728. The van der Waals surface area contributed by atoms with Crippen LogP contribution in [0.25, 0.3) is 16.9 Å². The van der Waals surface area contributed by atoms with E-state index in [0.29, 0.717) is 36.3 Å². The van der Waals surface area contributed by atoms with Crippen molar-refractivity contribution in [3.8, 4) is 22.6 Å². The maximum absolute atomic E-state index is 13.6. The molecule has 0 aliphatic heterocycles. The number of Topliss-reactive ketones (excluding diaryl/α,β-unsaturated/α-hetero) is 2. The van der Waals surface area contributed by atoms with Gasteiger partial charge in [-0.15, -0.1) is 0 Å². The number of phenols is 1. The maximum atomic E-state index is 13.6. The third kappa shape index (κ3) is 3.38. The number of aliphatic hydroxyl groups is 2. The fourth-order valence-corrected chi connectivity index (χ4v) is 5.99. The molecule has 3 aliphatic rings. The second-order valence-corrected chi connectivity index (χ2v) is 9.48. The second-order valence-electron chi connectivity index (χ2n) is 9.48. The topological polar surface area (TPSA) is 173 Å². The van der Waals surface area contributed by atoms with Gasteiger partial charge in [0.1, 0.15) is 28.6 Å². The largest absolute Gasteiger partial charge is 0.511 e.